The minimum atomic E-state index is -0.0837. The first kappa shape index (κ1) is 9.77. The zero-order chi connectivity index (χ0) is 9.68. The van der Waals surface area contributed by atoms with Crippen molar-refractivity contribution in [2.75, 3.05) is 19.6 Å². The number of carbonyl (C=O) groups is 2. The Hall–Kier alpha value is -1.32. The highest BCUT2D eigenvalue weighted by Gasteiger charge is 2.16. The van der Waals surface area contributed by atoms with Gasteiger partial charge in [-0.15, -0.1) is 0 Å². The van der Waals surface area contributed by atoms with Gasteiger partial charge in [-0.2, -0.15) is 0 Å². The summed E-state index contributed by atoms with van der Waals surface area (Å²) in [6.45, 7) is 3.29. The van der Waals surface area contributed by atoms with E-state index in [-0.39, 0.29) is 18.4 Å². The molecule has 0 aromatic carbocycles. The van der Waals surface area contributed by atoms with Gasteiger partial charge in [-0.05, 0) is 19.4 Å². The molecule has 0 radical (unpaired) electrons. The summed E-state index contributed by atoms with van der Waals surface area (Å²) >= 11 is 0. The van der Waals surface area contributed by atoms with Gasteiger partial charge in [0.25, 0.3) is 0 Å². The van der Waals surface area contributed by atoms with E-state index in [1.807, 2.05) is 0 Å². The van der Waals surface area contributed by atoms with E-state index in [0.717, 1.165) is 6.42 Å². The molecule has 1 aliphatic heterocycles. The Morgan fingerprint density at radius 3 is 3.08 bits per heavy atom. The molecule has 0 spiro atoms. The van der Waals surface area contributed by atoms with Gasteiger partial charge in [0.2, 0.25) is 11.8 Å². The molecule has 1 N–H and O–H groups in total. The topological polar surface area (TPSA) is 49.4 Å². The number of amides is 2. The Bertz CT molecular complexity index is 236. The average Bonchev–Trinajstić information content (AvgIpc) is 2.30. The largest absolute Gasteiger partial charge is 0.354 e. The van der Waals surface area contributed by atoms with Crippen LogP contribution in [0.3, 0.4) is 0 Å². The Morgan fingerprint density at radius 1 is 1.62 bits per heavy atom. The smallest absolute Gasteiger partial charge is 0.246 e. The van der Waals surface area contributed by atoms with Gasteiger partial charge >= 0.3 is 0 Å². The number of carbonyl (C=O) groups excluding carboxylic acids is 2. The summed E-state index contributed by atoms with van der Waals surface area (Å²) in [5, 5.41) is 2.71. The molecule has 1 saturated heterocycles. The van der Waals surface area contributed by atoms with Gasteiger partial charge in [0.05, 0.1) is 6.54 Å². The van der Waals surface area contributed by atoms with Crippen LogP contribution in [0.1, 0.15) is 13.3 Å². The fourth-order valence-corrected chi connectivity index (χ4v) is 1.24. The van der Waals surface area contributed by atoms with Crippen LogP contribution in [-0.2, 0) is 9.59 Å². The Morgan fingerprint density at radius 2 is 2.38 bits per heavy atom. The van der Waals surface area contributed by atoms with Crippen molar-refractivity contribution in [2.45, 2.75) is 13.3 Å². The van der Waals surface area contributed by atoms with E-state index in [4.69, 9.17) is 0 Å². The number of nitrogens with zero attached hydrogens (tertiary/aromatic N) is 1. The van der Waals surface area contributed by atoms with Gasteiger partial charge in [0.15, 0.2) is 0 Å². The first-order chi connectivity index (χ1) is 6.24. The van der Waals surface area contributed by atoms with Crippen LogP contribution < -0.4 is 5.32 Å². The van der Waals surface area contributed by atoms with E-state index in [2.05, 4.69) is 5.32 Å². The fraction of sp³-hybridized carbons (Fsp3) is 0.556. The molecule has 0 aromatic heterocycles. The maximum absolute atomic E-state index is 11.4. The summed E-state index contributed by atoms with van der Waals surface area (Å²) in [5.41, 5.74) is 0. The van der Waals surface area contributed by atoms with E-state index in [1.165, 1.54) is 6.08 Å². The maximum atomic E-state index is 11.4. The van der Waals surface area contributed by atoms with Crippen LogP contribution in [0.4, 0.5) is 0 Å². The second-order valence-corrected chi connectivity index (χ2v) is 2.96. The maximum Gasteiger partial charge on any atom is 0.246 e. The van der Waals surface area contributed by atoms with Gasteiger partial charge in [0, 0.05) is 13.1 Å². The van der Waals surface area contributed by atoms with Crippen molar-refractivity contribution in [3.8, 4) is 0 Å². The molecule has 0 saturated carbocycles. The molecule has 1 rings (SSSR count). The minimum absolute atomic E-state index is 0.0737. The molecule has 4 nitrogen and oxygen atoms in total. The zero-order valence-corrected chi connectivity index (χ0v) is 7.75. The predicted molar refractivity (Wildman–Crippen MR) is 49.0 cm³/mol. The van der Waals surface area contributed by atoms with Crippen LogP contribution >= 0.6 is 0 Å². The van der Waals surface area contributed by atoms with Crippen LogP contribution in [0.15, 0.2) is 12.2 Å². The molecule has 0 aliphatic carbocycles. The lowest BCUT2D eigenvalue weighted by Gasteiger charge is -2.16. The first-order valence-corrected chi connectivity index (χ1v) is 4.42. The average molecular weight is 182 g/mol. The number of rotatable bonds is 1. The summed E-state index contributed by atoms with van der Waals surface area (Å²) in [7, 11) is 0. The van der Waals surface area contributed by atoms with E-state index in [0.29, 0.717) is 13.1 Å². The number of allylic oxidation sites excluding steroid dienone is 1. The molecule has 2 amide bonds. The fourth-order valence-electron chi connectivity index (χ4n) is 1.24. The molecule has 0 unspecified atom stereocenters. The Balaban J connectivity index is 2.56. The summed E-state index contributed by atoms with van der Waals surface area (Å²) < 4.78 is 0. The van der Waals surface area contributed by atoms with Crippen molar-refractivity contribution in [1.82, 2.24) is 10.2 Å². The SMILES string of the molecule is CC=CC(=O)N1CCCNC(=O)C1. The zero-order valence-electron chi connectivity index (χ0n) is 7.75. The van der Waals surface area contributed by atoms with E-state index in [9.17, 15) is 9.59 Å². The highest BCUT2D eigenvalue weighted by molar-refractivity contribution is 5.91. The first-order valence-electron chi connectivity index (χ1n) is 4.42. The van der Waals surface area contributed by atoms with Crippen molar-refractivity contribution < 1.29 is 9.59 Å². The Kier molecular flexibility index (Phi) is 3.49. The van der Waals surface area contributed by atoms with Gasteiger partial charge in [-0.25, -0.2) is 0 Å². The van der Waals surface area contributed by atoms with Crippen molar-refractivity contribution in [3.05, 3.63) is 12.2 Å². The number of hydrogen-bond acceptors (Lipinski definition) is 2. The summed E-state index contributed by atoms with van der Waals surface area (Å²) in [4.78, 5) is 24.0. The minimum Gasteiger partial charge on any atom is -0.354 e. The molecule has 0 bridgehead atoms. The number of nitrogens with one attached hydrogen (secondary N) is 1. The molecule has 13 heavy (non-hydrogen) atoms. The summed E-state index contributed by atoms with van der Waals surface area (Å²) in [5.74, 6) is -0.157. The molecule has 0 aromatic rings. The van der Waals surface area contributed by atoms with Crippen molar-refractivity contribution in [2.24, 2.45) is 0 Å². The number of hydrogen-bond donors (Lipinski definition) is 1. The van der Waals surface area contributed by atoms with Crippen molar-refractivity contribution in [1.29, 1.82) is 0 Å². The van der Waals surface area contributed by atoms with Gasteiger partial charge in [-0.1, -0.05) is 6.08 Å². The molecule has 1 heterocycles. The van der Waals surface area contributed by atoms with Crippen LogP contribution in [0.25, 0.3) is 0 Å². The lowest BCUT2D eigenvalue weighted by atomic mass is 10.3. The summed E-state index contributed by atoms with van der Waals surface area (Å²) in [6.07, 6.45) is 4.00. The highest BCUT2D eigenvalue weighted by Crippen LogP contribution is 1.97. The second kappa shape index (κ2) is 4.64. The Labute approximate surface area is 77.6 Å². The molecule has 4 heteroatoms. The third-order valence-corrected chi connectivity index (χ3v) is 1.88. The van der Waals surface area contributed by atoms with Crippen molar-refractivity contribution >= 4 is 11.8 Å². The van der Waals surface area contributed by atoms with Gasteiger partial charge < -0.3 is 10.2 Å². The normalized spacial score (nSPS) is 18.5. The predicted octanol–water partition coefficient (Wildman–Crippen LogP) is -0.0890. The second-order valence-electron chi connectivity index (χ2n) is 2.96. The van der Waals surface area contributed by atoms with Gasteiger partial charge in [-0.3, -0.25) is 9.59 Å². The van der Waals surface area contributed by atoms with E-state index < -0.39 is 0 Å². The molecular formula is C9H14N2O2. The van der Waals surface area contributed by atoms with Crippen LogP contribution in [0, 0.1) is 0 Å². The standard InChI is InChI=1S/C9H14N2O2/c1-2-4-9(13)11-6-3-5-10-8(12)7-11/h2,4H,3,5-7H2,1H3,(H,10,12). The summed E-state index contributed by atoms with van der Waals surface area (Å²) in [6, 6.07) is 0. The monoisotopic (exact) mass is 182 g/mol. The third kappa shape index (κ3) is 2.89. The lowest BCUT2D eigenvalue weighted by Crippen LogP contribution is -2.36. The van der Waals surface area contributed by atoms with E-state index in [1.54, 1.807) is 17.9 Å². The van der Waals surface area contributed by atoms with Crippen LogP contribution in [-0.4, -0.2) is 36.3 Å². The van der Waals surface area contributed by atoms with Crippen molar-refractivity contribution in [3.63, 3.8) is 0 Å². The van der Waals surface area contributed by atoms with Crippen LogP contribution in [0.2, 0.25) is 0 Å². The molecule has 0 atom stereocenters. The van der Waals surface area contributed by atoms with Gasteiger partial charge in [0.1, 0.15) is 0 Å². The van der Waals surface area contributed by atoms with E-state index >= 15 is 0 Å². The third-order valence-electron chi connectivity index (χ3n) is 1.88. The van der Waals surface area contributed by atoms with Crippen LogP contribution in [0.5, 0.6) is 0 Å². The molecule has 1 aliphatic rings. The molecule has 1 fully saturated rings. The lowest BCUT2D eigenvalue weighted by molar-refractivity contribution is -0.131. The molecule has 72 valence electrons. The quantitative estimate of drug-likeness (QED) is 0.576. The highest BCUT2D eigenvalue weighted by atomic mass is 16.2. The molecular weight excluding hydrogens is 168 g/mol.